The van der Waals surface area contributed by atoms with Gasteiger partial charge in [0.25, 0.3) is 0 Å². The number of ether oxygens (including phenoxy) is 3. The van der Waals surface area contributed by atoms with E-state index in [9.17, 15) is 28.7 Å². The number of phosphoric acid groups is 2. The van der Waals surface area contributed by atoms with Crippen LogP contribution in [0, 0.1) is 0 Å². The number of unbranched alkanes of at least 4 members (excludes halogenated alkanes) is 9. The van der Waals surface area contributed by atoms with Crippen LogP contribution in [0.15, 0.2) is 72.9 Å². The predicted molar refractivity (Wildman–Crippen MR) is 234 cm³/mol. The van der Waals surface area contributed by atoms with Crippen molar-refractivity contribution in [3.8, 4) is 0 Å². The molecule has 1 heterocycles. The number of carbonyl (C=O) groups excluding carboxylic acids is 2. The average Bonchev–Trinajstić information content (AvgIpc) is 3.96. The first kappa shape index (κ1) is 55.5. The summed E-state index contributed by atoms with van der Waals surface area (Å²) in [4.78, 5) is 52.7. The molecule has 16 heteroatoms. The maximum absolute atomic E-state index is 12.7. The lowest BCUT2D eigenvalue weighted by atomic mass is 10.1. The molecular formula is C44H74O14P2. The number of epoxide rings is 1. The Morgan fingerprint density at radius 1 is 0.583 bits per heavy atom. The van der Waals surface area contributed by atoms with Crippen molar-refractivity contribution in [3.63, 3.8) is 0 Å². The number of aliphatic hydroxyl groups is 1. The highest BCUT2D eigenvalue weighted by atomic mass is 31.2. The Morgan fingerprint density at radius 3 is 1.73 bits per heavy atom. The molecule has 1 rings (SSSR count). The van der Waals surface area contributed by atoms with E-state index in [2.05, 4.69) is 89.7 Å². The Labute approximate surface area is 359 Å². The summed E-state index contributed by atoms with van der Waals surface area (Å²) in [6, 6.07) is 0. The molecule has 0 amide bonds. The van der Waals surface area contributed by atoms with Gasteiger partial charge in [0.15, 0.2) is 6.10 Å². The van der Waals surface area contributed by atoms with Crippen LogP contribution in [0.3, 0.4) is 0 Å². The molecule has 0 aliphatic carbocycles. The first-order valence-corrected chi connectivity index (χ1v) is 24.8. The van der Waals surface area contributed by atoms with E-state index in [1.807, 2.05) is 6.08 Å². The molecule has 0 spiro atoms. The highest BCUT2D eigenvalue weighted by molar-refractivity contribution is 7.47. The molecule has 1 aliphatic rings. The minimum atomic E-state index is -4.87. The Bertz CT molecular complexity index is 1400. The van der Waals surface area contributed by atoms with Crippen LogP contribution in [0.25, 0.3) is 0 Å². The molecule has 0 aromatic heterocycles. The Kier molecular flexibility index (Phi) is 33.4. The van der Waals surface area contributed by atoms with Crippen LogP contribution in [0.5, 0.6) is 0 Å². The van der Waals surface area contributed by atoms with E-state index in [-0.39, 0.29) is 25.0 Å². The van der Waals surface area contributed by atoms with Crippen LogP contribution in [0.4, 0.5) is 0 Å². The van der Waals surface area contributed by atoms with Crippen molar-refractivity contribution in [1.82, 2.24) is 0 Å². The van der Waals surface area contributed by atoms with E-state index in [1.54, 1.807) is 0 Å². The normalized spacial score (nSPS) is 18.1. The third-order valence-electron chi connectivity index (χ3n) is 8.97. The van der Waals surface area contributed by atoms with Crippen molar-refractivity contribution >= 4 is 27.6 Å². The second-order valence-electron chi connectivity index (χ2n) is 14.6. The van der Waals surface area contributed by atoms with Gasteiger partial charge < -0.3 is 34.0 Å². The SMILES string of the molecule is CC/C=C\C/C=C\C/C=C\CCCCCCCC(=O)O[C@H](COC(=O)CCC/C=C\CC1OC1C/C=C\C/C=C\CCCCC)COP(=O)(O)OC[C@@H](O)COP(=O)(O)O. The number of phosphoric ester groups is 2. The fourth-order valence-corrected chi connectivity index (χ4v) is 6.73. The first-order chi connectivity index (χ1) is 28.8. The summed E-state index contributed by atoms with van der Waals surface area (Å²) >= 11 is 0. The van der Waals surface area contributed by atoms with E-state index in [0.717, 1.165) is 77.0 Å². The van der Waals surface area contributed by atoms with Crippen LogP contribution >= 0.6 is 15.6 Å². The molecule has 0 aromatic rings. The molecule has 1 fully saturated rings. The third kappa shape index (κ3) is 36.2. The van der Waals surface area contributed by atoms with Gasteiger partial charge in [0.05, 0.1) is 32.0 Å². The summed E-state index contributed by atoms with van der Waals surface area (Å²) in [7, 11) is -9.71. The fraction of sp³-hybridized carbons (Fsp3) is 0.682. The number of hydrogen-bond donors (Lipinski definition) is 4. The molecule has 1 aliphatic heterocycles. The lowest BCUT2D eigenvalue weighted by Crippen LogP contribution is -2.30. The number of aliphatic hydroxyl groups excluding tert-OH is 1. The Hall–Kier alpha value is -2.48. The second-order valence-corrected chi connectivity index (χ2v) is 17.3. The third-order valence-corrected chi connectivity index (χ3v) is 10.4. The molecule has 3 unspecified atom stereocenters. The summed E-state index contributed by atoms with van der Waals surface area (Å²) in [6.45, 7) is 1.51. The molecule has 344 valence electrons. The minimum absolute atomic E-state index is 0.0930. The molecule has 0 radical (unpaired) electrons. The van der Waals surface area contributed by atoms with Gasteiger partial charge in [-0.3, -0.25) is 23.2 Å². The number of allylic oxidation sites excluding steroid dienone is 10. The Balaban J connectivity index is 2.42. The maximum atomic E-state index is 12.7. The molecule has 60 heavy (non-hydrogen) atoms. The van der Waals surface area contributed by atoms with Gasteiger partial charge >= 0.3 is 27.6 Å². The summed E-state index contributed by atoms with van der Waals surface area (Å²) < 4.78 is 53.5. The average molecular weight is 889 g/mol. The van der Waals surface area contributed by atoms with Gasteiger partial charge in [-0.05, 0) is 83.5 Å². The highest BCUT2D eigenvalue weighted by Gasteiger charge is 2.36. The molecule has 14 nitrogen and oxygen atoms in total. The van der Waals surface area contributed by atoms with Gasteiger partial charge in [-0.2, -0.15) is 0 Å². The first-order valence-electron chi connectivity index (χ1n) is 21.8. The van der Waals surface area contributed by atoms with E-state index < -0.39 is 66.2 Å². The van der Waals surface area contributed by atoms with Crippen LogP contribution < -0.4 is 0 Å². The number of hydrogen-bond acceptors (Lipinski definition) is 11. The molecule has 5 atom stereocenters. The van der Waals surface area contributed by atoms with Crippen molar-refractivity contribution in [1.29, 1.82) is 0 Å². The zero-order valence-corrected chi connectivity index (χ0v) is 37.8. The minimum Gasteiger partial charge on any atom is -0.462 e. The van der Waals surface area contributed by atoms with E-state index in [4.69, 9.17) is 28.5 Å². The molecular weight excluding hydrogens is 814 g/mol. The highest BCUT2D eigenvalue weighted by Crippen LogP contribution is 2.44. The lowest BCUT2D eigenvalue weighted by molar-refractivity contribution is -0.161. The summed E-state index contributed by atoms with van der Waals surface area (Å²) in [5, 5.41) is 9.75. The van der Waals surface area contributed by atoms with Crippen LogP contribution in [-0.4, -0.2) is 82.6 Å². The fourth-order valence-electron chi connectivity index (χ4n) is 5.57. The van der Waals surface area contributed by atoms with E-state index in [0.29, 0.717) is 19.3 Å². The molecule has 0 saturated carbocycles. The monoisotopic (exact) mass is 888 g/mol. The van der Waals surface area contributed by atoms with Crippen molar-refractivity contribution < 1.29 is 66.3 Å². The van der Waals surface area contributed by atoms with Crippen molar-refractivity contribution in [2.75, 3.05) is 26.4 Å². The predicted octanol–water partition coefficient (Wildman–Crippen LogP) is 9.99. The molecule has 1 saturated heterocycles. The molecule has 4 N–H and O–H groups in total. The lowest BCUT2D eigenvalue weighted by Gasteiger charge is -2.20. The smallest absolute Gasteiger partial charge is 0.462 e. The second kappa shape index (κ2) is 36.0. The summed E-state index contributed by atoms with van der Waals surface area (Å²) in [5.41, 5.74) is 0. The Morgan fingerprint density at radius 2 is 1.08 bits per heavy atom. The van der Waals surface area contributed by atoms with Gasteiger partial charge in [-0.25, -0.2) is 9.13 Å². The number of esters is 2. The maximum Gasteiger partial charge on any atom is 0.472 e. The molecule has 0 bridgehead atoms. The van der Waals surface area contributed by atoms with E-state index >= 15 is 0 Å². The zero-order chi connectivity index (χ0) is 44.2. The number of rotatable bonds is 39. The molecule has 0 aromatic carbocycles. The van der Waals surface area contributed by atoms with Crippen LogP contribution in [0.1, 0.15) is 142 Å². The number of carbonyl (C=O) groups is 2. The zero-order valence-electron chi connectivity index (χ0n) is 36.0. The van der Waals surface area contributed by atoms with Crippen molar-refractivity contribution in [2.24, 2.45) is 0 Å². The van der Waals surface area contributed by atoms with Crippen molar-refractivity contribution in [3.05, 3.63) is 72.9 Å². The quantitative estimate of drug-likeness (QED) is 0.0149. The summed E-state index contributed by atoms with van der Waals surface area (Å²) in [6.07, 6.45) is 40.7. The van der Waals surface area contributed by atoms with Crippen LogP contribution in [-0.2, 0) is 46.5 Å². The van der Waals surface area contributed by atoms with Gasteiger partial charge in [-0.1, -0.05) is 119 Å². The summed E-state index contributed by atoms with van der Waals surface area (Å²) in [5.74, 6) is -1.13. The topological polar surface area (TPSA) is 208 Å². The van der Waals surface area contributed by atoms with Gasteiger partial charge in [0, 0.05) is 12.8 Å². The van der Waals surface area contributed by atoms with Crippen LogP contribution in [0.2, 0.25) is 0 Å². The largest absolute Gasteiger partial charge is 0.472 e. The van der Waals surface area contributed by atoms with Gasteiger partial charge in [0.1, 0.15) is 12.7 Å². The van der Waals surface area contributed by atoms with Gasteiger partial charge in [0.2, 0.25) is 0 Å². The van der Waals surface area contributed by atoms with E-state index in [1.165, 1.54) is 19.3 Å². The van der Waals surface area contributed by atoms with Gasteiger partial charge in [-0.15, -0.1) is 0 Å². The standard InChI is InChI=1S/C44H74O14P2/c1-3-5-7-9-11-13-14-15-16-17-18-20-22-24-30-34-44(47)57-40(38-56-60(51,52)55-36-39(45)35-54-59(48,49)50)37-53-43(46)33-29-26-25-28-32-42-41(58-42)31-27-23-21-19-12-10-8-6-4-2/h5,7,11-13,15-16,19,23,25,27-28,39-42,45H,3-4,6,8-10,14,17-18,20-22,24,26,29-38H2,1-2H3,(H,51,52)(H2,48,49,50)/b7-5-,13-11-,16-15-,19-12-,27-23-,28-25-/t39-,40+,41?,42?/m0/s1. The van der Waals surface area contributed by atoms with Crippen molar-refractivity contribution in [2.45, 2.75) is 167 Å².